The predicted octanol–water partition coefficient (Wildman–Crippen LogP) is 4.17. The summed E-state index contributed by atoms with van der Waals surface area (Å²) in [5, 5.41) is 0. The topological polar surface area (TPSA) is 54.0 Å². The largest absolute Gasteiger partial charge is 0.586 e. The van der Waals surface area contributed by atoms with Crippen LogP contribution in [-0.4, -0.2) is 25.5 Å². The molecule has 5 nitrogen and oxygen atoms in total. The predicted molar refractivity (Wildman–Crippen MR) is 93.4 cm³/mol. The van der Waals surface area contributed by atoms with Gasteiger partial charge in [0.2, 0.25) is 0 Å². The van der Waals surface area contributed by atoms with Gasteiger partial charge in [-0.25, -0.2) is 4.79 Å². The van der Waals surface area contributed by atoms with Gasteiger partial charge in [-0.1, -0.05) is 36.4 Å². The van der Waals surface area contributed by atoms with E-state index in [-0.39, 0.29) is 30.3 Å². The molecule has 3 rings (SSSR count). The van der Waals surface area contributed by atoms with Crippen LogP contribution in [0.4, 0.5) is 8.78 Å². The molecular formula is C20H18F2O5. The van der Waals surface area contributed by atoms with Crippen molar-refractivity contribution in [1.29, 1.82) is 0 Å². The van der Waals surface area contributed by atoms with E-state index in [1.165, 1.54) is 18.2 Å². The zero-order valence-electron chi connectivity index (χ0n) is 14.6. The highest BCUT2D eigenvalue weighted by atomic mass is 19.3. The van der Waals surface area contributed by atoms with Crippen molar-refractivity contribution in [2.45, 2.75) is 19.8 Å². The fourth-order valence-electron chi connectivity index (χ4n) is 2.54. The van der Waals surface area contributed by atoms with Crippen LogP contribution < -0.4 is 9.47 Å². The minimum absolute atomic E-state index is 0.0905. The summed E-state index contributed by atoms with van der Waals surface area (Å²) >= 11 is 0. The van der Waals surface area contributed by atoms with Crippen molar-refractivity contribution in [2.75, 3.05) is 13.2 Å². The Balaban J connectivity index is 1.75. The standard InChI is InChI=1S/C20H18F2O5/c1-2-25-19(23)16(10-11-24-13-14-6-4-3-5-7-14)15-8-9-17-18(12-15)27-20(21,22)26-17/h3-10,12H,2,11,13H2,1H3. The molecule has 142 valence electrons. The van der Waals surface area contributed by atoms with Gasteiger partial charge in [0.15, 0.2) is 11.5 Å². The van der Waals surface area contributed by atoms with Crippen LogP contribution in [0, 0.1) is 0 Å². The third kappa shape index (κ3) is 4.83. The van der Waals surface area contributed by atoms with Gasteiger partial charge >= 0.3 is 12.3 Å². The van der Waals surface area contributed by atoms with E-state index < -0.39 is 12.3 Å². The van der Waals surface area contributed by atoms with Crippen LogP contribution in [0.5, 0.6) is 11.5 Å². The molecule has 7 heteroatoms. The average molecular weight is 376 g/mol. The molecule has 0 unspecified atom stereocenters. The number of rotatable bonds is 7. The Kier molecular flexibility index (Phi) is 5.71. The maximum atomic E-state index is 13.2. The maximum Gasteiger partial charge on any atom is 0.586 e. The van der Waals surface area contributed by atoms with Gasteiger partial charge in [0.25, 0.3) is 0 Å². The number of fused-ring (bicyclic) bond motifs is 1. The second-order valence-corrected chi connectivity index (χ2v) is 5.67. The molecule has 0 spiro atoms. The Bertz CT molecular complexity index is 834. The summed E-state index contributed by atoms with van der Waals surface area (Å²) < 4.78 is 45.8. The Morgan fingerprint density at radius 2 is 1.85 bits per heavy atom. The van der Waals surface area contributed by atoms with Crippen LogP contribution >= 0.6 is 0 Å². The first-order valence-electron chi connectivity index (χ1n) is 8.38. The van der Waals surface area contributed by atoms with Gasteiger partial charge in [0.1, 0.15) is 0 Å². The highest BCUT2D eigenvalue weighted by Crippen LogP contribution is 2.42. The summed E-state index contributed by atoms with van der Waals surface area (Å²) in [6.45, 7) is 2.39. The van der Waals surface area contributed by atoms with E-state index in [2.05, 4.69) is 9.47 Å². The summed E-state index contributed by atoms with van der Waals surface area (Å²) in [5.41, 5.74) is 1.57. The van der Waals surface area contributed by atoms with E-state index in [1.807, 2.05) is 30.3 Å². The minimum atomic E-state index is -3.71. The molecule has 0 amide bonds. The van der Waals surface area contributed by atoms with Crippen molar-refractivity contribution in [3.8, 4) is 11.5 Å². The van der Waals surface area contributed by atoms with Gasteiger partial charge in [-0.2, -0.15) is 0 Å². The highest BCUT2D eigenvalue weighted by molar-refractivity contribution is 6.16. The summed E-state index contributed by atoms with van der Waals surface area (Å²) in [4.78, 5) is 12.3. The van der Waals surface area contributed by atoms with Gasteiger partial charge in [0, 0.05) is 0 Å². The van der Waals surface area contributed by atoms with Crippen molar-refractivity contribution in [1.82, 2.24) is 0 Å². The normalized spacial score (nSPS) is 14.9. The Hall–Kier alpha value is -2.93. The molecule has 2 aromatic carbocycles. The van der Waals surface area contributed by atoms with Gasteiger partial charge in [-0.05, 0) is 36.3 Å². The number of carbonyl (C=O) groups excluding carboxylic acids is 1. The van der Waals surface area contributed by atoms with Crippen LogP contribution in [0.2, 0.25) is 0 Å². The molecule has 1 heterocycles. The van der Waals surface area contributed by atoms with Crippen molar-refractivity contribution in [3.63, 3.8) is 0 Å². The van der Waals surface area contributed by atoms with Crippen molar-refractivity contribution in [2.24, 2.45) is 0 Å². The molecular weight excluding hydrogens is 358 g/mol. The number of ether oxygens (including phenoxy) is 4. The van der Waals surface area contributed by atoms with E-state index in [1.54, 1.807) is 13.0 Å². The van der Waals surface area contributed by atoms with Gasteiger partial charge in [0.05, 0.1) is 25.4 Å². The zero-order valence-corrected chi connectivity index (χ0v) is 14.6. The Labute approximate surface area is 155 Å². The van der Waals surface area contributed by atoms with E-state index in [0.717, 1.165) is 5.56 Å². The number of esters is 1. The molecule has 1 aliphatic heterocycles. The van der Waals surface area contributed by atoms with Crippen molar-refractivity contribution in [3.05, 3.63) is 65.7 Å². The lowest BCUT2D eigenvalue weighted by Gasteiger charge is -2.09. The van der Waals surface area contributed by atoms with Crippen LogP contribution in [0.25, 0.3) is 5.57 Å². The molecule has 1 aliphatic rings. The number of hydrogen-bond acceptors (Lipinski definition) is 5. The lowest BCUT2D eigenvalue weighted by atomic mass is 10.1. The zero-order chi connectivity index (χ0) is 19.3. The minimum Gasteiger partial charge on any atom is -0.462 e. The lowest BCUT2D eigenvalue weighted by molar-refractivity contribution is -0.286. The summed E-state index contributed by atoms with van der Waals surface area (Å²) in [7, 11) is 0. The Morgan fingerprint density at radius 1 is 1.11 bits per heavy atom. The SMILES string of the molecule is CCOC(=O)C(=CCOCc1ccccc1)c1ccc2c(c1)OC(F)(F)O2. The second-order valence-electron chi connectivity index (χ2n) is 5.67. The van der Waals surface area contributed by atoms with Gasteiger partial charge < -0.3 is 18.9 Å². The van der Waals surface area contributed by atoms with Crippen LogP contribution in [0.1, 0.15) is 18.1 Å². The lowest BCUT2D eigenvalue weighted by Crippen LogP contribution is -2.25. The van der Waals surface area contributed by atoms with Gasteiger partial charge in [-0.3, -0.25) is 0 Å². The molecule has 27 heavy (non-hydrogen) atoms. The monoisotopic (exact) mass is 376 g/mol. The number of halogens is 2. The summed E-state index contributed by atoms with van der Waals surface area (Å²) in [6.07, 6.45) is -2.16. The molecule has 0 radical (unpaired) electrons. The van der Waals surface area contributed by atoms with Gasteiger partial charge in [-0.15, -0.1) is 8.78 Å². The molecule has 0 fully saturated rings. The maximum absolute atomic E-state index is 13.2. The third-order valence-corrected chi connectivity index (χ3v) is 3.72. The van der Waals surface area contributed by atoms with E-state index in [4.69, 9.17) is 9.47 Å². The highest BCUT2D eigenvalue weighted by Gasteiger charge is 2.43. The number of alkyl halides is 2. The van der Waals surface area contributed by atoms with E-state index >= 15 is 0 Å². The number of carbonyl (C=O) groups is 1. The first kappa shape index (κ1) is 18.8. The van der Waals surface area contributed by atoms with Crippen molar-refractivity contribution < 1.29 is 32.5 Å². The molecule has 0 aliphatic carbocycles. The number of benzene rings is 2. The van der Waals surface area contributed by atoms with Crippen LogP contribution in [0.3, 0.4) is 0 Å². The Morgan fingerprint density at radius 3 is 2.59 bits per heavy atom. The summed E-state index contributed by atoms with van der Waals surface area (Å²) in [5.74, 6) is -0.809. The molecule has 0 bridgehead atoms. The summed E-state index contributed by atoms with van der Waals surface area (Å²) in [6, 6.07) is 13.7. The molecule has 0 N–H and O–H groups in total. The average Bonchev–Trinajstić information content (AvgIpc) is 2.95. The van der Waals surface area contributed by atoms with Crippen LogP contribution in [0.15, 0.2) is 54.6 Å². The van der Waals surface area contributed by atoms with Crippen LogP contribution in [-0.2, 0) is 20.9 Å². The van der Waals surface area contributed by atoms with E-state index in [9.17, 15) is 13.6 Å². The molecule has 0 saturated heterocycles. The first-order chi connectivity index (χ1) is 13.0. The first-order valence-corrected chi connectivity index (χ1v) is 8.38. The fourth-order valence-corrected chi connectivity index (χ4v) is 2.54. The van der Waals surface area contributed by atoms with Crippen molar-refractivity contribution >= 4 is 11.5 Å². The van der Waals surface area contributed by atoms with E-state index in [0.29, 0.717) is 12.2 Å². The molecule has 2 aromatic rings. The smallest absolute Gasteiger partial charge is 0.462 e. The third-order valence-electron chi connectivity index (χ3n) is 3.72. The molecule has 0 atom stereocenters. The number of hydrogen-bond donors (Lipinski definition) is 0. The fraction of sp³-hybridized carbons (Fsp3) is 0.250. The quantitative estimate of drug-likeness (QED) is 0.412. The molecule has 0 saturated carbocycles. The second kappa shape index (κ2) is 8.18. The molecule has 0 aromatic heterocycles.